The summed E-state index contributed by atoms with van der Waals surface area (Å²) in [5.74, 6) is -0.603. The normalized spacial score (nSPS) is 18.1. The van der Waals surface area contributed by atoms with E-state index in [4.69, 9.17) is 14.2 Å². The molecule has 152 valence electrons. The van der Waals surface area contributed by atoms with Gasteiger partial charge in [0, 0.05) is 12.8 Å². The van der Waals surface area contributed by atoms with Gasteiger partial charge in [-0.1, -0.05) is 87.4 Å². The Morgan fingerprint density at radius 1 is 0.786 bits per heavy atom. The molecule has 0 unspecified atom stereocenters. The van der Waals surface area contributed by atoms with Gasteiger partial charge in [0.05, 0.1) is 19.8 Å². The first-order valence-corrected chi connectivity index (χ1v) is 10.8. The van der Waals surface area contributed by atoms with Gasteiger partial charge < -0.3 is 14.2 Å². The van der Waals surface area contributed by atoms with Crippen LogP contribution in [0.15, 0.2) is 60.7 Å². The van der Waals surface area contributed by atoms with Crippen LogP contribution in [0.3, 0.4) is 0 Å². The molecule has 1 aliphatic rings. The number of benzene rings is 2. The highest BCUT2D eigenvalue weighted by molar-refractivity contribution is 5.37. The number of ether oxygens (including phenoxy) is 3. The Kier molecular flexibility index (Phi) is 7.66. The van der Waals surface area contributed by atoms with E-state index in [1.54, 1.807) is 0 Å². The van der Waals surface area contributed by atoms with E-state index in [-0.39, 0.29) is 0 Å². The Balaban J connectivity index is 1.97. The summed E-state index contributed by atoms with van der Waals surface area (Å²) >= 11 is 0. The Morgan fingerprint density at radius 2 is 1.29 bits per heavy atom. The maximum Gasteiger partial charge on any atom is 0.173 e. The third kappa shape index (κ3) is 4.83. The van der Waals surface area contributed by atoms with Gasteiger partial charge in [0.25, 0.3) is 0 Å². The second-order valence-electron chi connectivity index (χ2n) is 7.65. The quantitative estimate of drug-likeness (QED) is 0.369. The molecule has 0 bridgehead atoms. The Bertz CT molecular complexity index is 634. The summed E-state index contributed by atoms with van der Waals surface area (Å²) in [5.41, 5.74) is 1.76. The molecule has 0 atom stereocenters. The molecule has 1 heterocycles. The molecule has 0 saturated carbocycles. The van der Waals surface area contributed by atoms with E-state index < -0.39 is 11.4 Å². The molecule has 2 aromatic carbocycles. The molecule has 0 amide bonds. The molecule has 3 heteroatoms. The Morgan fingerprint density at radius 3 is 1.75 bits per heavy atom. The zero-order valence-electron chi connectivity index (χ0n) is 17.4. The van der Waals surface area contributed by atoms with Crippen molar-refractivity contribution in [3.8, 4) is 0 Å². The van der Waals surface area contributed by atoms with Gasteiger partial charge in [-0.3, -0.25) is 0 Å². The van der Waals surface area contributed by atoms with Crippen molar-refractivity contribution in [2.24, 2.45) is 0 Å². The second kappa shape index (κ2) is 10.2. The lowest BCUT2D eigenvalue weighted by Gasteiger charge is -2.48. The SMILES string of the molecule is CCCCOC1(OCCCC)CCOC(c2ccccc2)(c2ccccc2)C1. The summed E-state index contributed by atoms with van der Waals surface area (Å²) in [5, 5.41) is 0. The molecule has 1 aliphatic heterocycles. The standard InChI is InChI=1S/C25H34O3/c1-3-5-18-26-24(27-19-6-4-2)17-20-28-25(21-24,22-13-9-7-10-14-22)23-15-11-8-12-16-23/h7-16H,3-6,17-21H2,1-2H3. The van der Waals surface area contributed by atoms with Crippen LogP contribution in [0.1, 0.15) is 63.5 Å². The van der Waals surface area contributed by atoms with Gasteiger partial charge >= 0.3 is 0 Å². The highest BCUT2D eigenvalue weighted by Crippen LogP contribution is 2.46. The summed E-state index contributed by atoms with van der Waals surface area (Å²) in [7, 11) is 0. The molecule has 0 radical (unpaired) electrons. The van der Waals surface area contributed by atoms with Crippen LogP contribution in [0.2, 0.25) is 0 Å². The van der Waals surface area contributed by atoms with E-state index >= 15 is 0 Å². The molecule has 28 heavy (non-hydrogen) atoms. The van der Waals surface area contributed by atoms with Crippen molar-refractivity contribution in [2.45, 2.75) is 63.8 Å². The van der Waals surface area contributed by atoms with Crippen LogP contribution in [0.5, 0.6) is 0 Å². The number of hydrogen-bond donors (Lipinski definition) is 0. The summed E-state index contributed by atoms with van der Waals surface area (Å²) < 4.78 is 19.5. The average molecular weight is 383 g/mol. The van der Waals surface area contributed by atoms with Gasteiger partial charge in [-0.15, -0.1) is 0 Å². The molecule has 0 aliphatic carbocycles. The van der Waals surface area contributed by atoms with Crippen LogP contribution in [0.4, 0.5) is 0 Å². The zero-order valence-corrected chi connectivity index (χ0v) is 17.4. The van der Waals surface area contributed by atoms with E-state index in [0.717, 1.165) is 56.4 Å². The smallest absolute Gasteiger partial charge is 0.173 e. The first kappa shape index (κ1) is 21.0. The zero-order chi connectivity index (χ0) is 19.7. The van der Waals surface area contributed by atoms with Crippen LogP contribution in [-0.4, -0.2) is 25.6 Å². The van der Waals surface area contributed by atoms with Crippen molar-refractivity contribution < 1.29 is 14.2 Å². The average Bonchev–Trinajstić information content (AvgIpc) is 2.75. The predicted octanol–water partition coefficient (Wildman–Crippen LogP) is 6.07. The van der Waals surface area contributed by atoms with Gasteiger partial charge in [-0.05, 0) is 24.0 Å². The minimum atomic E-state index is -0.603. The van der Waals surface area contributed by atoms with E-state index in [1.807, 2.05) is 12.1 Å². The highest BCUT2D eigenvalue weighted by Gasteiger charge is 2.49. The van der Waals surface area contributed by atoms with Crippen molar-refractivity contribution in [1.29, 1.82) is 0 Å². The van der Waals surface area contributed by atoms with E-state index in [2.05, 4.69) is 62.4 Å². The van der Waals surface area contributed by atoms with Gasteiger partial charge in [-0.25, -0.2) is 0 Å². The van der Waals surface area contributed by atoms with Crippen molar-refractivity contribution in [3.63, 3.8) is 0 Å². The summed E-state index contributed by atoms with van der Waals surface area (Å²) in [4.78, 5) is 0. The van der Waals surface area contributed by atoms with Crippen molar-refractivity contribution in [2.75, 3.05) is 19.8 Å². The second-order valence-corrected chi connectivity index (χ2v) is 7.65. The van der Waals surface area contributed by atoms with Crippen LogP contribution >= 0.6 is 0 Å². The predicted molar refractivity (Wildman–Crippen MR) is 113 cm³/mol. The minimum absolute atomic E-state index is 0.556. The number of hydrogen-bond acceptors (Lipinski definition) is 3. The summed E-state index contributed by atoms with van der Waals surface area (Å²) in [6.45, 7) is 6.44. The Labute approximate surface area is 170 Å². The molecule has 0 spiro atoms. The molecule has 2 aromatic rings. The molecule has 1 fully saturated rings. The molecule has 1 saturated heterocycles. The fourth-order valence-corrected chi connectivity index (χ4v) is 3.94. The third-order valence-corrected chi connectivity index (χ3v) is 5.56. The van der Waals surface area contributed by atoms with E-state index in [0.29, 0.717) is 13.0 Å². The lowest BCUT2D eigenvalue weighted by Crippen LogP contribution is -2.51. The van der Waals surface area contributed by atoms with Gasteiger partial charge in [0.1, 0.15) is 5.60 Å². The van der Waals surface area contributed by atoms with Crippen molar-refractivity contribution in [3.05, 3.63) is 71.8 Å². The van der Waals surface area contributed by atoms with Crippen molar-refractivity contribution >= 4 is 0 Å². The fraction of sp³-hybridized carbons (Fsp3) is 0.520. The van der Waals surface area contributed by atoms with Crippen molar-refractivity contribution in [1.82, 2.24) is 0 Å². The Hall–Kier alpha value is -1.68. The molecular formula is C25H34O3. The number of unbranched alkanes of at least 4 members (excludes halogenated alkanes) is 2. The minimum Gasteiger partial charge on any atom is -0.365 e. The van der Waals surface area contributed by atoms with E-state index in [1.165, 1.54) is 0 Å². The largest absolute Gasteiger partial charge is 0.365 e. The molecular weight excluding hydrogens is 348 g/mol. The van der Waals surface area contributed by atoms with Crippen LogP contribution in [0, 0.1) is 0 Å². The number of rotatable bonds is 10. The summed E-state index contributed by atoms with van der Waals surface area (Å²) in [6.07, 6.45) is 5.75. The topological polar surface area (TPSA) is 27.7 Å². The van der Waals surface area contributed by atoms with Crippen LogP contribution < -0.4 is 0 Å². The van der Waals surface area contributed by atoms with Gasteiger partial charge in [-0.2, -0.15) is 0 Å². The highest BCUT2D eigenvalue weighted by atomic mass is 16.7. The first-order valence-electron chi connectivity index (χ1n) is 10.8. The molecule has 0 N–H and O–H groups in total. The third-order valence-electron chi connectivity index (χ3n) is 5.56. The lowest BCUT2D eigenvalue weighted by molar-refractivity contribution is -0.295. The monoisotopic (exact) mass is 382 g/mol. The van der Waals surface area contributed by atoms with Gasteiger partial charge in [0.2, 0.25) is 0 Å². The molecule has 0 aromatic heterocycles. The fourth-order valence-electron chi connectivity index (χ4n) is 3.94. The van der Waals surface area contributed by atoms with Gasteiger partial charge in [0.15, 0.2) is 5.79 Å². The maximum atomic E-state index is 6.55. The van der Waals surface area contributed by atoms with Crippen LogP contribution in [0.25, 0.3) is 0 Å². The molecule has 3 rings (SSSR count). The van der Waals surface area contributed by atoms with Crippen LogP contribution in [-0.2, 0) is 19.8 Å². The summed E-state index contributed by atoms with van der Waals surface area (Å²) in [6, 6.07) is 21.0. The lowest BCUT2D eigenvalue weighted by atomic mass is 9.78. The van der Waals surface area contributed by atoms with E-state index in [9.17, 15) is 0 Å². The maximum absolute atomic E-state index is 6.55. The molecule has 3 nitrogen and oxygen atoms in total. The first-order chi connectivity index (χ1) is 13.7.